The SMILES string of the molecule is CCOC(=O)CC(=O)Nc1ccccc1C(=O)N1CCC(C)CC1. The third-order valence-corrected chi connectivity index (χ3v) is 4.11. The average molecular weight is 332 g/mol. The van der Waals surface area contributed by atoms with Gasteiger partial charge in [0, 0.05) is 13.1 Å². The molecule has 0 atom stereocenters. The van der Waals surface area contributed by atoms with Gasteiger partial charge in [-0.25, -0.2) is 0 Å². The third-order valence-electron chi connectivity index (χ3n) is 4.11. The van der Waals surface area contributed by atoms with Gasteiger partial charge in [-0.2, -0.15) is 0 Å². The van der Waals surface area contributed by atoms with Gasteiger partial charge in [0.1, 0.15) is 6.42 Å². The third kappa shape index (κ3) is 4.81. The van der Waals surface area contributed by atoms with Crippen LogP contribution in [0.25, 0.3) is 0 Å². The van der Waals surface area contributed by atoms with Crippen LogP contribution >= 0.6 is 0 Å². The van der Waals surface area contributed by atoms with Gasteiger partial charge in [-0.05, 0) is 37.8 Å². The Bertz CT molecular complexity index is 607. The van der Waals surface area contributed by atoms with Gasteiger partial charge in [0.05, 0.1) is 17.9 Å². The molecule has 1 fully saturated rings. The van der Waals surface area contributed by atoms with Gasteiger partial charge < -0.3 is 15.0 Å². The number of amides is 2. The van der Waals surface area contributed by atoms with E-state index in [-0.39, 0.29) is 18.9 Å². The molecular formula is C18H24N2O4. The van der Waals surface area contributed by atoms with E-state index in [9.17, 15) is 14.4 Å². The molecule has 1 saturated heterocycles. The van der Waals surface area contributed by atoms with Gasteiger partial charge in [-0.1, -0.05) is 19.1 Å². The normalized spacial score (nSPS) is 15.0. The van der Waals surface area contributed by atoms with Crippen LogP contribution in [0.3, 0.4) is 0 Å². The van der Waals surface area contributed by atoms with Crippen molar-refractivity contribution in [2.75, 3.05) is 25.0 Å². The van der Waals surface area contributed by atoms with Gasteiger partial charge in [0.25, 0.3) is 5.91 Å². The first-order valence-electron chi connectivity index (χ1n) is 8.35. The molecule has 6 heteroatoms. The summed E-state index contributed by atoms with van der Waals surface area (Å²) in [5, 5.41) is 2.64. The maximum atomic E-state index is 12.7. The summed E-state index contributed by atoms with van der Waals surface area (Å²) in [4.78, 5) is 37.9. The zero-order chi connectivity index (χ0) is 17.5. The van der Waals surface area contributed by atoms with Crippen LogP contribution in [0.4, 0.5) is 5.69 Å². The molecule has 2 amide bonds. The first kappa shape index (κ1) is 18.0. The molecular weight excluding hydrogens is 308 g/mol. The standard InChI is InChI=1S/C18H24N2O4/c1-3-24-17(22)12-16(21)19-15-7-5-4-6-14(15)18(23)20-10-8-13(2)9-11-20/h4-7,13H,3,8-12H2,1-2H3,(H,19,21). The topological polar surface area (TPSA) is 75.7 Å². The van der Waals surface area contributed by atoms with Crippen molar-refractivity contribution in [3.05, 3.63) is 29.8 Å². The number of hydrogen-bond donors (Lipinski definition) is 1. The van der Waals surface area contributed by atoms with Crippen molar-refractivity contribution < 1.29 is 19.1 Å². The maximum Gasteiger partial charge on any atom is 0.315 e. The van der Waals surface area contributed by atoms with E-state index >= 15 is 0 Å². The van der Waals surface area contributed by atoms with Crippen LogP contribution in [0.5, 0.6) is 0 Å². The van der Waals surface area contributed by atoms with E-state index in [0.717, 1.165) is 25.9 Å². The summed E-state index contributed by atoms with van der Waals surface area (Å²) in [6.07, 6.45) is 1.61. The number of nitrogens with one attached hydrogen (secondary N) is 1. The summed E-state index contributed by atoms with van der Waals surface area (Å²) < 4.78 is 4.76. The summed E-state index contributed by atoms with van der Waals surface area (Å²) >= 11 is 0. The molecule has 1 aliphatic rings. The molecule has 0 unspecified atom stereocenters. The molecule has 1 aliphatic heterocycles. The number of para-hydroxylation sites is 1. The number of hydrogen-bond acceptors (Lipinski definition) is 4. The number of benzene rings is 1. The van der Waals surface area contributed by atoms with Crippen LogP contribution in [0.1, 0.15) is 43.5 Å². The average Bonchev–Trinajstić information content (AvgIpc) is 2.55. The number of piperidine rings is 1. The fourth-order valence-corrected chi connectivity index (χ4v) is 2.70. The van der Waals surface area contributed by atoms with Crippen LogP contribution in [-0.4, -0.2) is 42.4 Å². The summed E-state index contributed by atoms with van der Waals surface area (Å²) in [5.74, 6) is -0.521. The fraction of sp³-hybridized carbons (Fsp3) is 0.500. The van der Waals surface area contributed by atoms with Crippen molar-refractivity contribution >= 4 is 23.5 Å². The lowest BCUT2D eigenvalue weighted by molar-refractivity contribution is -0.145. The molecule has 1 N–H and O–H groups in total. The number of rotatable bonds is 5. The Hall–Kier alpha value is -2.37. The van der Waals surface area contributed by atoms with Crippen LogP contribution in [0.15, 0.2) is 24.3 Å². The van der Waals surface area contributed by atoms with E-state index in [4.69, 9.17) is 4.74 Å². The molecule has 0 aromatic heterocycles. The minimum absolute atomic E-state index is 0.0889. The zero-order valence-corrected chi connectivity index (χ0v) is 14.2. The van der Waals surface area contributed by atoms with Crippen molar-refractivity contribution in [2.45, 2.75) is 33.1 Å². The molecule has 1 heterocycles. The molecule has 6 nitrogen and oxygen atoms in total. The number of anilines is 1. The van der Waals surface area contributed by atoms with E-state index in [2.05, 4.69) is 12.2 Å². The quantitative estimate of drug-likeness (QED) is 0.664. The molecule has 1 aromatic rings. The van der Waals surface area contributed by atoms with Crippen LogP contribution < -0.4 is 5.32 Å². The number of carbonyl (C=O) groups excluding carboxylic acids is 3. The first-order valence-corrected chi connectivity index (χ1v) is 8.35. The van der Waals surface area contributed by atoms with Crippen molar-refractivity contribution in [3.8, 4) is 0 Å². The molecule has 0 saturated carbocycles. The Morgan fingerprint density at radius 1 is 1.21 bits per heavy atom. The van der Waals surface area contributed by atoms with Crippen molar-refractivity contribution in [2.24, 2.45) is 5.92 Å². The maximum absolute atomic E-state index is 12.7. The van der Waals surface area contributed by atoms with E-state index < -0.39 is 11.9 Å². The van der Waals surface area contributed by atoms with Crippen molar-refractivity contribution in [1.29, 1.82) is 0 Å². The lowest BCUT2D eigenvalue weighted by Gasteiger charge is -2.30. The Morgan fingerprint density at radius 2 is 1.88 bits per heavy atom. The molecule has 2 rings (SSSR count). The smallest absolute Gasteiger partial charge is 0.315 e. The Kier molecular flexibility index (Phi) is 6.35. The second kappa shape index (κ2) is 8.47. The highest BCUT2D eigenvalue weighted by atomic mass is 16.5. The van der Waals surface area contributed by atoms with E-state index in [1.54, 1.807) is 31.2 Å². The number of esters is 1. The minimum Gasteiger partial charge on any atom is -0.466 e. The number of nitrogens with zero attached hydrogens (tertiary/aromatic N) is 1. The van der Waals surface area contributed by atoms with Crippen LogP contribution in [0, 0.1) is 5.92 Å². The molecule has 1 aromatic carbocycles. The molecule has 24 heavy (non-hydrogen) atoms. The van der Waals surface area contributed by atoms with Gasteiger partial charge in [-0.3, -0.25) is 14.4 Å². The van der Waals surface area contributed by atoms with Gasteiger partial charge in [-0.15, -0.1) is 0 Å². The second-order valence-electron chi connectivity index (χ2n) is 6.05. The highest BCUT2D eigenvalue weighted by Gasteiger charge is 2.23. The molecule has 130 valence electrons. The van der Waals surface area contributed by atoms with Crippen molar-refractivity contribution in [3.63, 3.8) is 0 Å². The molecule has 0 radical (unpaired) electrons. The fourth-order valence-electron chi connectivity index (χ4n) is 2.70. The number of carbonyl (C=O) groups is 3. The minimum atomic E-state index is -0.580. The van der Waals surface area contributed by atoms with E-state index in [0.29, 0.717) is 17.2 Å². The van der Waals surface area contributed by atoms with Gasteiger partial charge in [0.2, 0.25) is 5.91 Å². The van der Waals surface area contributed by atoms with E-state index in [1.807, 2.05) is 4.90 Å². The van der Waals surface area contributed by atoms with Crippen molar-refractivity contribution in [1.82, 2.24) is 4.90 Å². The Morgan fingerprint density at radius 3 is 2.54 bits per heavy atom. The lowest BCUT2D eigenvalue weighted by Crippen LogP contribution is -2.38. The predicted molar refractivity (Wildman–Crippen MR) is 90.6 cm³/mol. The largest absolute Gasteiger partial charge is 0.466 e. The van der Waals surface area contributed by atoms with Gasteiger partial charge in [0.15, 0.2) is 0 Å². The van der Waals surface area contributed by atoms with E-state index in [1.165, 1.54) is 0 Å². The summed E-state index contributed by atoms with van der Waals surface area (Å²) in [7, 11) is 0. The lowest BCUT2D eigenvalue weighted by atomic mass is 9.98. The first-order chi connectivity index (χ1) is 11.5. The Balaban J connectivity index is 2.05. The summed E-state index contributed by atoms with van der Waals surface area (Å²) in [6.45, 7) is 5.55. The summed E-state index contributed by atoms with van der Waals surface area (Å²) in [6, 6.07) is 6.87. The number of likely N-dealkylation sites (tertiary alicyclic amines) is 1. The summed E-state index contributed by atoms with van der Waals surface area (Å²) in [5.41, 5.74) is 0.875. The Labute approximate surface area is 142 Å². The number of ether oxygens (including phenoxy) is 1. The zero-order valence-electron chi connectivity index (χ0n) is 14.2. The van der Waals surface area contributed by atoms with Crippen LogP contribution in [0.2, 0.25) is 0 Å². The highest BCUT2D eigenvalue weighted by Crippen LogP contribution is 2.22. The molecule has 0 aliphatic carbocycles. The highest BCUT2D eigenvalue weighted by molar-refractivity contribution is 6.07. The molecule has 0 spiro atoms. The second-order valence-corrected chi connectivity index (χ2v) is 6.05. The monoisotopic (exact) mass is 332 g/mol. The predicted octanol–water partition coefficient (Wildman–Crippen LogP) is 2.45. The molecule has 0 bridgehead atoms. The van der Waals surface area contributed by atoms with Crippen LogP contribution in [-0.2, 0) is 14.3 Å². The van der Waals surface area contributed by atoms with Gasteiger partial charge >= 0.3 is 5.97 Å².